The zero-order valence-electron chi connectivity index (χ0n) is 19.8. The van der Waals surface area contributed by atoms with Crippen LogP contribution in [0.5, 0.6) is 0 Å². The van der Waals surface area contributed by atoms with Gasteiger partial charge in [0, 0.05) is 38.2 Å². The summed E-state index contributed by atoms with van der Waals surface area (Å²) in [6, 6.07) is 7.50. The molecule has 1 aromatic carbocycles. The van der Waals surface area contributed by atoms with Crippen molar-refractivity contribution >= 4 is 29.0 Å². The fourth-order valence-corrected chi connectivity index (χ4v) is 4.68. The number of carbonyl (C=O) groups is 2. The van der Waals surface area contributed by atoms with Crippen LogP contribution in [0.2, 0.25) is 0 Å². The van der Waals surface area contributed by atoms with Crippen molar-refractivity contribution in [3.8, 4) is 0 Å². The molecule has 0 spiro atoms. The molecule has 3 heterocycles. The van der Waals surface area contributed by atoms with E-state index in [1.165, 1.54) is 35.7 Å². The van der Waals surface area contributed by atoms with E-state index >= 15 is 0 Å². The molecule has 3 N–H and O–H groups in total. The number of aromatic nitrogens is 4. The number of carbonyl (C=O) groups excluding carboxylic acids is 2. The zero-order valence-corrected chi connectivity index (χ0v) is 19.8. The number of hydrogen-bond acceptors (Lipinski definition) is 7. The SMILES string of the molecule is Cn1cc(Nc2nc(N3C[C@H](CC(=O)c4ccc(C5CC5)cc4)CC(F)(F)C3)cnc2C(N)=O)cn1. The van der Waals surface area contributed by atoms with Crippen LogP contribution >= 0.6 is 0 Å². The summed E-state index contributed by atoms with van der Waals surface area (Å²) >= 11 is 0. The van der Waals surface area contributed by atoms with Gasteiger partial charge >= 0.3 is 0 Å². The highest BCUT2D eigenvalue weighted by Gasteiger charge is 2.41. The fourth-order valence-electron chi connectivity index (χ4n) is 4.68. The summed E-state index contributed by atoms with van der Waals surface area (Å²) in [4.78, 5) is 34.6. The third kappa shape index (κ3) is 5.34. The van der Waals surface area contributed by atoms with Crippen LogP contribution in [-0.2, 0) is 7.05 Å². The molecule has 2 aliphatic rings. The van der Waals surface area contributed by atoms with E-state index in [1.807, 2.05) is 12.1 Å². The van der Waals surface area contributed by atoms with Gasteiger partial charge in [-0.2, -0.15) is 5.10 Å². The van der Waals surface area contributed by atoms with Crippen LogP contribution in [0.25, 0.3) is 0 Å². The van der Waals surface area contributed by atoms with Gasteiger partial charge in [-0.3, -0.25) is 14.3 Å². The van der Waals surface area contributed by atoms with Crippen LogP contribution in [0.4, 0.5) is 26.1 Å². The van der Waals surface area contributed by atoms with Gasteiger partial charge < -0.3 is 16.0 Å². The number of aryl methyl sites for hydroxylation is 1. The van der Waals surface area contributed by atoms with Crippen LogP contribution in [0.1, 0.15) is 58.0 Å². The van der Waals surface area contributed by atoms with Gasteiger partial charge in [-0.1, -0.05) is 24.3 Å². The second-order valence-corrected chi connectivity index (χ2v) is 9.65. The van der Waals surface area contributed by atoms with E-state index in [-0.39, 0.29) is 42.5 Å². The fraction of sp³-hybridized carbons (Fsp3) is 0.400. The van der Waals surface area contributed by atoms with Crippen LogP contribution < -0.4 is 16.0 Å². The first-order valence-corrected chi connectivity index (χ1v) is 11.9. The molecular weight excluding hydrogens is 468 g/mol. The highest BCUT2D eigenvalue weighted by atomic mass is 19.3. The van der Waals surface area contributed by atoms with E-state index in [1.54, 1.807) is 30.1 Å². The number of benzene rings is 1. The molecule has 3 aromatic rings. The maximum absolute atomic E-state index is 14.7. The van der Waals surface area contributed by atoms with E-state index < -0.39 is 24.3 Å². The van der Waals surface area contributed by atoms with Crippen LogP contribution in [0.15, 0.2) is 42.9 Å². The average molecular weight is 496 g/mol. The molecule has 1 atom stereocenters. The second kappa shape index (κ2) is 9.29. The Hall–Kier alpha value is -3.89. The molecule has 2 aromatic heterocycles. The van der Waals surface area contributed by atoms with Gasteiger partial charge in [-0.05, 0) is 30.2 Å². The number of primary amides is 1. The number of nitrogens with zero attached hydrogens (tertiary/aromatic N) is 5. The van der Waals surface area contributed by atoms with Gasteiger partial charge in [-0.15, -0.1) is 0 Å². The molecular formula is C25H27F2N7O2. The minimum absolute atomic E-state index is 0.00244. The molecule has 9 nitrogen and oxygen atoms in total. The summed E-state index contributed by atoms with van der Waals surface area (Å²) < 4.78 is 31.0. The minimum atomic E-state index is -3.01. The standard InChI is InChI=1S/C25H27F2N7O2/c1-33-13-19(10-30-33)31-24-22(23(28)36)29-11-21(32-24)34-12-15(9-25(26,27)14-34)8-20(35)18-6-4-17(5-7-18)16-2-3-16/h4-7,10-11,13,15-16H,2-3,8-9,12,14H2,1H3,(H2,28,36)(H,31,32)/t15-/m1/s1. The molecule has 0 bridgehead atoms. The Labute approximate surface area is 206 Å². The highest BCUT2D eigenvalue weighted by molar-refractivity contribution is 5.97. The van der Waals surface area contributed by atoms with Crippen molar-refractivity contribution in [3.63, 3.8) is 0 Å². The lowest BCUT2D eigenvalue weighted by Gasteiger charge is -2.38. The Morgan fingerprint density at radius 2 is 1.94 bits per heavy atom. The Morgan fingerprint density at radius 1 is 1.19 bits per heavy atom. The maximum atomic E-state index is 14.7. The Morgan fingerprint density at radius 3 is 2.58 bits per heavy atom. The third-order valence-electron chi connectivity index (χ3n) is 6.53. The normalized spacial score (nSPS) is 19.2. The predicted molar refractivity (Wildman–Crippen MR) is 130 cm³/mol. The molecule has 188 valence electrons. The Balaban J connectivity index is 1.34. The van der Waals surface area contributed by atoms with Crippen molar-refractivity contribution in [1.82, 2.24) is 19.7 Å². The average Bonchev–Trinajstić information content (AvgIpc) is 3.60. The number of nitrogens with two attached hydrogens (primary N) is 1. The first-order chi connectivity index (χ1) is 17.2. The number of rotatable bonds is 8. The molecule has 1 amide bonds. The smallest absolute Gasteiger partial charge is 0.271 e. The van der Waals surface area contributed by atoms with Crippen molar-refractivity contribution in [1.29, 1.82) is 0 Å². The molecule has 1 aliphatic heterocycles. The maximum Gasteiger partial charge on any atom is 0.271 e. The van der Waals surface area contributed by atoms with Gasteiger partial charge in [0.2, 0.25) is 0 Å². The van der Waals surface area contributed by atoms with E-state index in [4.69, 9.17) is 5.73 Å². The van der Waals surface area contributed by atoms with Crippen molar-refractivity contribution in [2.24, 2.45) is 18.7 Å². The molecule has 1 aliphatic carbocycles. The molecule has 5 rings (SSSR count). The van der Waals surface area contributed by atoms with Crippen LogP contribution in [0.3, 0.4) is 0 Å². The highest BCUT2D eigenvalue weighted by Crippen LogP contribution is 2.40. The Kier molecular flexibility index (Phi) is 6.15. The quantitative estimate of drug-likeness (QED) is 0.458. The van der Waals surface area contributed by atoms with E-state index in [0.29, 0.717) is 17.2 Å². The molecule has 0 radical (unpaired) electrons. The van der Waals surface area contributed by atoms with Crippen molar-refractivity contribution in [2.45, 2.75) is 37.5 Å². The first kappa shape index (κ1) is 23.8. The number of Topliss-reactive ketones (excluding diaryl/α,β-unsaturated/α-hetero) is 1. The number of anilines is 3. The lowest BCUT2D eigenvalue weighted by atomic mass is 9.89. The van der Waals surface area contributed by atoms with E-state index in [0.717, 1.165) is 0 Å². The lowest BCUT2D eigenvalue weighted by Crippen LogP contribution is -2.48. The Bertz CT molecular complexity index is 1290. The molecule has 2 fully saturated rings. The van der Waals surface area contributed by atoms with Gasteiger partial charge in [0.15, 0.2) is 17.3 Å². The van der Waals surface area contributed by atoms with Gasteiger partial charge in [-0.25, -0.2) is 18.7 Å². The number of ketones is 1. The summed E-state index contributed by atoms with van der Waals surface area (Å²) in [6.07, 6.45) is 6.39. The number of piperidine rings is 1. The van der Waals surface area contributed by atoms with Gasteiger partial charge in [0.1, 0.15) is 5.82 Å². The summed E-state index contributed by atoms with van der Waals surface area (Å²) in [5.41, 5.74) is 7.60. The number of nitrogens with one attached hydrogen (secondary N) is 1. The molecule has 1 saturated carbocycles. The van der Waals surface area contributed by atoms with E-state index in [9.17, 15) is 18.4 Å². The van der Waals surface area contributed by atoms with Gasteiger partial charge in [0.05, 0.1) is 24.6 Å². The van der Waals surface area contributed by atoms with Crippen LogP contribution in [-0.4, -0.2) is 50.5 Å². The first-order valence-electron chi connectivity index (χ1n) is 11.9. The summed E-state index contributed by atoms with van der Waals surface area (Å²) in [5.74, 6) is -3.76. The number of amides is 1. The number of alkyl halides is 2. The lowest BCUT2D eigenvalue weighted by molar-refractivity contribution is -0.0293. The minimum Gasteiger partial charge on any atom is -0.364 e. The summed E-state index contributed by atoms with van der Waals surface area (Å²) in [5, 5.41) is 6.98. The summed E-state index contributed by atoms with van der Waals surface area (Å²) in [6.45, 7) is -0.358. The molecule has 0 unspecified atom stereocenters. The molecule has 11 heteroatoms. The predicted octanol–water partition coefficient (Wildman–Crippen LogP) is 3.66. The van der Waals surface area contributed by atoms with Crippen LogP contribution in [0, 0.1) is 5.92 Å². The third-order valence-corrected chi connectivity index (χ3v) is 6.53. The van der Waals surface area contributed by atoms with Crippen molar-refractivity contribution in [3.05, 3.63) is 59.7 Å². The molecule has 36 heavy (non-hydrogen) atoms. The van der Waals surface area contributed by atoms with Crippen molar-refractivity contribution in [2.75, 3.05) is 23.3 Å². The number of halogens is 2. The topological polar surface area (TPSA) is 119 Å². The molecule has 1 saturated heterocycles. The number of hydrogen-bond donors (Lipinski definition) is 2. The largest absolute Gasteiger partial charge is 0.364 e. The van der Waals surface area contributed by atoms with Gasteiger partial charge in [0.25, 0.3) is 11.8 Å². The zero-order chi connectivity index (χ0) is 25.4. The summed E-state index contributed by atoms with van der Waals surface area (Å²) in [7, 11) is 1.72. The second-order valence-electron chi connectivity index (χ2n) is 9.65. The van der Waals surface area contributed by atoms with Crippen molar-refractivity contribution < 1.29 is 18.4 Å². The van der Waals surface area contributed by atoms with E-state index in [2.05, 4.69) is 20.4 Å². The monoisotopic (exact) mass is 495 g/mol.